The van der Waals surface area contributed by atoms with Crippen LogP contribution in [0.2, 0.25) is 0 Å². The van der Waals surface area contributed by atoms with Crippen LogP contribution < -0.4 is 10.2 Å². The first-order chi connectivity index (χ1) is 13.2. The van der Waals surface area contributed by atoms with Gasteiger partial charge in [0.25, 0.3) is 5.91 Å². The van der Waals surface area contributed by atoms with Crippen LogP contribution in [-0.4, -0.2) is 70.8 Å². The molecule has 6 nitrogen and oxygen atoms in total. The second-order valence-corrected chi connectivity index (χ2v) is 9.32. The number of benzene rings is 1. The highest BCUT2D eigenvalue weighted by atomic mass is 32.2. The van der Waals surface area contributed by atoms with E-state index in [0.29, 0.717) is 17.8 Å². The number of nitrogens with one attached hydrogen (secondary N) is 2. The van der Waals surface area contributed by atoms with Gasteiger partial charge in [-0.05, 0) is 50.9 Å². The van der Waals surface area contributed by atoms with Crippen LogP contribution in [0.3, 0.4) is 0 Å². The van der Waals surface area contributed by atoms with E-state index in [1.165, 1.54) is 18.5 Å². The Morgan fingerprint density at radius 3 is 2.70 bits per heavy atom. The fourth-order valence-corrected chi connectivity index (χ4v) is 5.88. The van der Waals surface area contributed by atoms with Gasteiger partial charge in [0.15, 0.2) is 5.69 Å². The van der Waals surface area contributed by atoms with Gasteiger partial charge in [-0.2, -0.15) is 16.9 Å². The number of anilines is 1. The summed E-state index contributed by atoms with van der Waals surface area (Å²) in [6.45, 7) is 2.13. The van der Waals surface area contributed by atoms with Crippen LogP contribution in [0.4, 0.5) is 5.69 Å². The first-order valence-electron chi connectivity index (χ1n) is 10.0. The normalized spacial score (nSPS) is 28.6. The Kier molecular flexibility index (Phi) is 4.52. The zero-order chi connectivity index (χ0) is 18.4. The quantitative estimate of drug-likeness (QED) is 0.850. The van der Waals surface area contributed by atoms with Crippen LogP contribution in [0, 0.1) is 0 Å². The molecule has 0 spiro atoms. The summed E-state index contributed by atoms with van der Waals surface area (Å²) >= 11 is 2.00. The number of thioether (sulfide) groups is 1. The zero-order valence-electron chi connectivity index (χ0n) is 15.8. The number of hydrogen-bond donors (Lipinski definition) is 2. The highest BCUT2D eigenvalue weighted by Crippen LogP contribution is 2.34. The molecule has 5 rings (SSSR count). The van der Waals surface area contributed by atoms with Gasteiger partial charge in [-0.3, -0.25) is 9.89 Å². The van der Waals surface area contributed by atoms with E-state index >= 15 is 0 Å². The fraction of sp³-hybridized carbons (Fsp3) is 0.600. The zero-order valence-corrected chi connectivity index (χ0v) is 16.6. The summed E-state index contributed by atoms with van der Waals surface area (Å²) in [5.74, 6) is 2.28. The van der Waals surface area contributed by atoms with Crippen molar-refractivity contribution >= 4 is 34.3 Å². The van der Waals surface area contributed by atoms with E-state index in [2.05, 4.69) is 44.5 Å². The van der Waals surface area contributed by atoms with Crippen molar-refractivity contribution < 1.29 is 4.79 Å². The number of aromatic nitrogens is 2. The van der Waals surface area contributed by atoms with E-state index in [9.17, 15) is 4.79 Å². The first-order valence-corrected chi connectivity index (χ1v) is 11.2. The van der Waals surface area contributed by atoms with Crippen LogP contribution >= 0.6 is 11.8 Å². The predicted molar refractivity (Wildman–Crippen MR) is 111 cm³/mol. The highest BCUT2D eigenvalue weighted by Gasteiger charge is 2.39. The molecule has 0 saturated carbocycles. The Morgan fingerprint density at radius 2 is 1.96 bits per heavy atom. The number of piperidine rings is 1. The van der Waals surface area contributed by atoms with Crippen molar-refractivity contribution in [3.05, 3.63) is 23.9 Å². The Labute approximate surface area is 164 Å². The standard InChI is InChI=1S/C20H27N5OS/c1-24-14-2-3-15(24)11-13(10-14)21-20(26)19-17-12-16(4-5-18(17)22-23-19)25-6-8-27-9-7-25/h4-5,12-15H,2-3,6-11H2,1H3,(H,21,26)(H,22,23). The molecule has 2 N–H and O–H groups in total. The number of fused-ring (bicyclic) bond motifs is 3. The molecule has 3 aliphatic heterocycles. The average molecular weight is 386 g/mol. The van der Waals surface area contributed by atoms with E-state index < -0.39 is 0 Å². The molecule has 2 unspecified atom stereocenters. The maximum atomic E-state index is 13.0. The lowest BCUT2D eigenvalue weighted by molar-refractivity contribution is 0.0879. The fourth-order valence-electron chi connectivity index (χ4n) is 4.98. The van der Waals surface area contributed by atoms with Gasteiger partial charge < -0.3 is 15.1 Å². The van der Waals surface area contributed by atoms with Crippen LogP contribution in [0.5, 0.6) is 0 Å². The van der Waals surface area contributed by atoms with E-state index in [1.54, 1.807) is 0 Å². The molecule has 7 heteroatoms. The molecule has 2 bridgehead atoms. The minimum Gasteiger partial charge on any atom is -0.370 e. The topological polar surface area (TPSA) is 64.3 Å². The first kappa shape index (κ1) is 17.4. The molecule has 0 radical (unpaired) electrons. The molecular weight excluding hydrogens is 358 g/mol. The van der Waals surface area contributed by atoms with Gasteiger partial charge in [-0.25, -0.2) is 0 Å². The van der Waals surface area contributed by atoms with Gasteiger partial charge in [-0.15, -0.1) is 0 Å². The van der Waals surface area contributed by atoms with Crippen molar-refractivity contribution in [2.45, 2.75) is 43.8 Å². The van der Waals surface area contributed by atoms with Crippen LogP contribution in [0.15, 0.2) is 18.2 Å². The molecule has 2 aromatic rings. The Hall–Kier alpha value is -1.73. The van der Waals surface area contributed by atoms with Crippen molar-refractivity contribution in [3.8, 4) is 0 Å². The monoisotopic (exact) mass is 385 g/mol. The molecule has 1 aromatic carbocycles. The van der Waals surface area contributed by atoms with Gasteiger partial charge in [0.05, 0.1) is 5.52 Å². The second kappa shape index (κ2) is 7.02. The maximum Gasteiger partial charge on any atom is 0.272 e. The van der Waals surface area contributed by atoms with Gasteiger partial charge in [0, 0.05) is 53.8 Å². The predicted octanol–water partition coefficient (Wildman–Crippen LogP) is 2.47. The number of rotatable bonds is 3. The number of nitrogens with zero attached hydrogens (tertiary/aromatic N) is 3. The maximum absolute atomic E-state index is 13.0. The van der Waals surface area contributed by atoms with Gasteiger partial charge in [-0.1, -0.05) is 0 Å². The lowest BCUT2D eigenvalue weighted by Gasteiger charge is -2.36. The van der Waals surface area contributed by atoms with Gasteiger partial charge in [0.2, 0.25) is 0 Å². The lowest BCUT2D eigenvalue weighted by atomic mass is 9.98. The van der Waals surface area contributed by atoms with Crippen molar-refractivity contribution in [2.75, 3.05) is 36.5 Å². The molecule has 3 aliphatic rings. The summed E-state index contributed by atoms with van der Waals surface area (Å²) in [5, 5.41) is 11.6. The largest absolute Gasteiger partial charge is 0.370 e. The Bertz CT molecular complexity index is 832. The third kappa shape index (κ3) is 3.21. The molecule has 144 valence electrons. The third-order valence-electron chi connectivity index (χ3n) is 6.57. The van der Waals surface area contributed by atoms with E-state index in [1.807, 2.05) is 17.8 Å². The number of aromatic amines is 1. The summed E-state index contributed by atoms with van der Waals surface area (Å²) in [6, 6.07) is 7.81. The molecule has 3 fully saturated rings. The lowest BCUT2D eigenvalue weighted by Crippen LogP contribution is -2.48. The summed E-state index contributed by atoms with van der Waals surface area (Å²) < 4.78 is 0. The average Bonchev–Trinajstić information content (AvgIpc) is 3.19. The number of carbonyl (C=O) groups is 1. The number of hydrogen-bond acceptors (Lipinski definition) is 5. The van der Waals surface area contributed by atoms with Gasteiger partial charge in [0.1, 0.15) is 0 Å². The molecular formula is C20H27N5OS. The smallest absolute Gasteiger partial charge is 0.272 e. The Morgan fingerprint density at radius 1 is 1.22 bits per heavy atom. The Balaban J connectivity index is 1.35. The SMILES string of the molecule is CN1C2CCC1CC(NC(=O)c1n[nH]c3ccc(N4CCSCC4)cc13)C2. The molecule has 2 atom stereocenters. The summed E-state index contributed by atoms with van der Waals surface area (Å²) in [5.41, 5.74) is 2.65. The van der Waals surface area contributed by atoms with Crippen molar-refractivity contribution in [1.82, 2.24) is 20.4 Å². The molecule has 27 heavy (non-hydrogen) atoms. The third-order valence-corrected chi connectivity index (χ3v) is 7.51. The van der Waals surface area contributed by atoms with Crippen molar-refractivity contribution in [2.24, 2.45) is 0 Å². The van der Waals surface area contributed by atoms with Gasteiger partial charge >= 0.3 is 0 Å². The second-order valence-electron chi connectivity index (χ2n) is 8.09. The number of carbonyl (C=O) groups excluding carboxylic acids is 1. The molecule has 3 saturated heterocycles. The molecule has 4 heterocycles. The van der Waals surface area contributed by atoms with Crippen LogP contribution in [0.1, 0.15) is 36.2 Å². The van der Waals surface area contributed by atoms with E-state index in [0.717, 1.165) is 48.3 Å². The minimum atomic E-state index is -0.0402. The molecule has 1 aromatic heterocycles. The number of H-pyrrole nitrogens is 1. The van der Waals surface area contributed by atoms with Crippen molar-refractivity contribution in [1.29, 1.82) is 0 Å². The van der Waals surface area contributed by atoms with E-state index in [4.69, 9.17) is 0 Å². The molecule has 0 aliphatic carbocycles. The summed E-state index contributed by atoms with van der Waals surface area (Å²) in [4.78, 5) is 17.9. The van der Waals surface area contributed by atoms with Crippen LogP contribution in [0.25, 0.3) is 10.9 Å². The molecule has 1 amide bonds. The van der Waals surface area contributed by atoms with E-state index in [-0.39, 0.29) is 11.9 Å². The van der Waals surface area contributed by atoms with Crippen molar-refractivity contribution in [3.63, 3.8) is 0 Å². The summed E-state index contributed by atoms with van der Waals surface area (Å²) in [6.07, 6.45) is 4.63. The van der Waals surface area contributed by atoms with Crippen LogP contribution in [-0.2, 0) is 0 Å². The summed E-state index contributed by atoms with van der Waals surface area (Å²) in [7, 11) is 2.22. The highest BCUT2D eigenvalue weighted by molar-refractivity contribution is 7.99. The number of amides is 1. The minimum absolute atomic E-state index is 0.0402.